The van der Waals surface area contributed by atoms with Gasteiger partial charge in [-0.25, -0.2) is 4.39 Å². The average Bonchev–Trinajstić information content (AvgIpc) is 3.24. The number of halogens is 2. The molecule has 26 heavy (non-hydrogen) atoms. The molecule has 0 saturated carbocycles. The third-order valence-corrected chi connectivity index (χ3v) is 4.65. The molecule has 0 spiro atoms. The van der Waals surface area contributed by atoms with Gasteiger partial charge in [-0.2, -0.15) is 4.98 Å². The fourth-order valence-electron chi connectivity index (χ4n) is 3.11. The third kappa shape index (κ3) is 3.32. The Morgan fingerprint density at radius 2 is 2.04 bits per heavy atom. The van der Waals surface area contributed by atoms with Crippen LogP contribution in [0.5, 0.6) is 0 Å². The summed E-state index contributed by atoms with van der Waals surface area (Å²) in [6, 6.07) is 13.0. The Kier molecular flexibility index (Phi) is 4.42. The van der Waals surface area contributed by atoms with Crippen LogP contribution in [0.2, 0.25) is 5.02 Å². The largest absolute Gasteiger partial charge is 0.337 e. The van der Waals surface area contributed by atoms with Crippen LogP contribution in [0.15, 0.2) is 53.1 Å². The number of nitrogens with zero attached hydrogens (tertiary/aromatic N) is 3. The summed E-state index contributed by atoms with van der Waals surface area (Å²) in [4.78, 5) is 18.4. The van der Waals surface area contributed by atoms with E-state index in [9.17, 15) is 9.18 Å². The van der Waals surface area contributed by atoms with Gasteiger partial charge in [0.2, 0.25) is 17.6 Å². The molecule has 1 saturated heterocycles. The van der Waals surface area contributed by atoms with E-state index < -0.39 is 0 Å². The van der Waals surface area contributed by atoms with Gasteiger partial charge in [-0.15, -0.1) is 0 Å². The highest BCUT2D eigenvalue weighted by molar-refractivity contribution is 6.30. The molecule has 132 valence electrons. The molecule has 4 rings (SSSR count). The van der Waals surface area contributed by atoms with Crippen LogP contribution in [0.25, 0.3) is 11.4 Å². The minimum absolute atomic E-state index is 0.00879. The highest BCUT2D eigenvalue weighted by Gasteiger charge is 2.36. The predicted octanol–water partition coefficient (Wildman–Crippen LogP) is 4.39. The lowest BCUT2D eigenvalue weighted by molar-refractivity contribution is -0.130. The molecule has 1 amide bonds. The molecule has 1 atom stereocenters. The number of carbonyl (C=O) groups excluding carboxylic acids is 1. The Morgan fingerprint density at radius 1 is 1.23 bits per heavy atom. The quantitative estimate of drug-likeness (QED) is 0.682. The fourth-order valence-corrected chi connectivity index (χ4v) is 3.23. The minimum atomic E-state index is -0.325. The van der Waals surface area contributed by atoms with Crippen LogP contribution in [0.4, 0.5) is 4.39 Å². The van der Waals surface area contributed by atoms with Crippen molar-refractivity contribution in [2.75, 3.05) is 0 Å². The normalized spacial score (nSPS) is 17.1. The lowest BCUT2D eigenvalue weighted by atomic mass is 10.1. The molecule has 0 radical (unpaired) electrons. The van der Waals surface area contributed by atoms with Gasteiger partial charge in [0.1, 0.15) is 11.9 Å². The SMILES string of the molecule is O=C1CCC(c2nc(-c3ccc(Cl)cc3)no2)N1Cc1cccc(F)c1. The predicted molar refractivity (Wildman–Crippen MR) is 93.7 cm³/mol. The second-order valence-electron chi connectivity index (χ2n) is 6.17. The van der Waals surface area contributed by atoms with E-state index >= 15 is 0 Å². The summed E-state index contributed by atoms with van der Waals surface area (Å²) < 4.78 is 18.8. The number of rotatable bonds is 4. The zero-order valence-electron chi connectivity index (χ0n) is 13.7. The van der Waals surface area contributed by atoms with Gasteiger partial charge in [-0.1, -0.05) is 28.9 Å². The van der Waals surface area contributed by atoms with E-state index in [-0.39, 0.29) is 17.8 Å². The van der Waals surface area contributed by atoms with Crippen LogP contribution in [0, 0.1) is 5.82 Å². The maximum Gasteiger partial charge on any atom is 0.249 e. The maximum atomic E-state index is 13.4. The van der Waals surface area contributed by atoms with E-state index in [0.29, 0.717) is 36.1 Å². The van der Waals surface area contributed by atoms with Crippen molar-refractivity contribution in [3.05, 3.63) is 70.8 Å². The molecule has 0 bridgehead atoms. The number of amides is 1. The Morgan fingerprint density at radius 3 is 2.81 bits per heavy atom. The summed E-state index contributed by atoms with van der Waals surface area (Å²) in [6.45, 7) is 0.305. The van der Waals surface area contributed by atoms with Crippen LogP contribution in [-0.4, -0.2) is 20.9 Å². The topological polar surface area (TPSA) is 59.2 Å². The lowest BCUT2D eigenvalue weighted by Crippen LogP contribution is -2.27. The Balaban J connectivity index is 1.58. The molecule has 1 unspecified atom stereocenters. The molecule has 7 heteroatoms. The van der Waals surface area contributed by atoms with Crippen molar-refractivity contribution in [3.63, 3.8) is 0 Å². The minimum Gasteiger partial charge on any atom is -0.337 e. The van der Waals surface area contributed by atoms with E-state index in [0.717, 1.165) is 11.1 Å². The molecule has 2 aromatic carbocycles. The molecule has 2 heterocycles. The van der Waals surface area contributed by atoms with E-state index in [4.69, 9.17) is 16.1 Å². The van der Waals surface area contributed by atoms with Crippen LogP contribution < -0.4 is 0 Å². The summed E-state index contributed by atoms with van der Waals surface area (Å²) >= 11 is 5.90. The van der Waals surface area contributed by atoms with Crippen LogP contribution in [-0.2, 0) is 11.3 Å². The van der Waals surface area contributed by atoms with Gasteiger partial charge in [-0.3, -0.25) is 4.79 Å². The zero-order valence-corrected chi connectivity index (χ0v) is 14.5. The number of benzene rings is 2. The average molecular weight is 372 g/mol. The van der Waals surface area contributed by atoms with Crippen molar-refractivity contribution < 1.29 is 13.7 Å². The number of likely N-dealkylation sites (tertiary alicyclic amines) is 1. The van der Waals surface area contributed by atoms with Crippen LogP contribution in [0.3, 0.4) is 0 Å². The first-order chi connectivity index (χ1) is 12.6. The third-order valence-electron chi connectivity index (χ3n) is 4.40. The van der Waals surface area contributed by atoms with Gasteiger partial charge in [0, 0.05) is 23.6 Å². The number of carbonyl (C=O) groups is 1. The molecular weight excluding hydrogens is 357 g/mol. The van der Waals surface area contributed by atoms with Crippen molar-refractivity contribution in [2.24, 2.45) is 0 Å². The molecular formula is C19H15ClFN3O2. The first-order valence-corrected chi connectivity index (χ1v) is 8.61. The van der Waals surface area contributed by atoms with E-state index in [1.54, 1.807) is 41.3 Å². The first kappa shape index (κ1) is 16.7. The van der Waals surface area contributed by atoms with Crippen molar-refractivity contribution in [2.45, 2.75) is 25.4 Å². The molecule has 0 aliphatic carbocycles. The molecule has 1 aliphatic rings. The fraction of sp³-hybridized carbons (Fsp3) is 0.211. The summed E-state index contributed by atoms with van der Waals surface area (Å²) in [5.74, 6) is 0.498. The van der Waals surface area contributed by atoms with E-state index in [1.165, 1.54) is 12.1 Å². The summed E-state index contributed by atoms with van der Waals surface area (Å²) in [7, 11) is 0. The second kappa shape index (κ2) is 6.88. The summed E-state index contributed by atoms with van der Waals surface area (Å²) in [6.07, 6.45) is 0.995. The van der Waals surface area contributed by atoms with Gasteiger partial charge in [0.15, 0.2) is 0 Å². The van der Waals surface area contributed by atoms with Crippen LogP contribution in [0.1, 0.15) is 30.3 Å². The Hall–Kier alpha value is -2.73. The van der Waals surface area contributed by atoms with Crippen molar-refractivity contribution in [3.8, 4) is 11.4 Å². The summed E-state index contributed by atoms with van der Waals surface area (Å²) in [5, 5.41) is 4.64. The smallest absolute Gasteiger partial charge is 0.249 e. The van der Waals surface area contributed by atoms with Gasteiger partial charge >= 0.3 is 0 Å². The number of aromatic nitrogens is 2. The molecule has 5 nitrogen and oxygen atoms in total. The Bertz CT molecular complexity index is 942. The number of hydrogen-bond acceptors (Lipinski definition) is 4. The molecule has 1 fully saturated rings. The first-order valence-electron chi connectivity index (χ1n) is 8.23. The van der Waals surface area contributed by atoms with Crippen molar-refractivity contribution >= 4 is 17.5 Å². The van der Waals surface area contributed by atoms with Gasteiger partial charge in [-0.05, 0) is 48.4 Å². The highest BCUT2D eigenvalue weighted by atomic mass is 35.5. The van der Waals surface area contributed by atoms with E-state index in [2.05, 4.69) is 10.1 Å². The molecule has 1 aromatic heterocycles. The van der Waals surface area contributed by atoms with Gasteiger partial charge in [0.25, 0.3) is 0 Å². The van der Waals surface area contributed by atoms with Crippen LogP contribution >= 0.6 is 11.6 Å². The number of hydrogen-bond donors (Lipinski definition) is 0. The standard InChI is InChI=1S/C19H15ClFN3O2/c20-14-6-4-13(5-7-14)18-22-19(26-23-18)16-8-9-17(25)24(16)11-12-2-1-3-15(21)10-12/h1-7,10,16H,8-9,11H2. The second-order valence-corrected chi connectivity index (χ2v) is 6.61. The van der Waals surface area contributed by atoms with E-state index in [1.807, 2.05) is 0 Å². The summed E-state index contributed by atoms with van der Waals surface area (Å²) in [5.41, 5.74) is 1.51. The Labute approximate surface area is 154 Å². The highest BCUT2D eigenvalue weighted by Crippen LogP contribution is 2.34. The molecule has 3 aromatic rings. The maximum absolute atomic E-state index is 13.4. The molecule has 0 N–H and O–H groups in total. The molecule has 1 aliphatic heterocycles. The monoisotopic (exact) mass is 371 g/mol. The van der Waals surface area contributed by atoms with Gasteiger partial charge < -0.3 is 9.42 Å². The van der Waals surface area contributed by atoms with Gasteiger partial charge in [0.05, 0.1) is 0 Å². The van der Waals surface area contributed by atoms with Crippen molar-refractivity contribution in [1.82, 2.24) is 15.0 Å². The zero-order chi connectivity index (χ0) is 18.1. The van der Waals surface area contributed by atoms with Crippen molar-refractivity contribution in [1.29, 1.82) is 0 Å². The lowest BCUT2D eigenvalue weighted by Gasteiger charge is -2.22.